The Kier molecular flexibility index (Phi) is 8.10. The van der Waals surface area contributed by atoms with Crippen molar-refractivity contribution < 1.29 is 84.2 Å². The van der Waals surface area contributed by atoms with Crippen molar-refractivity contribution in [3.63, 3.8) is 0 Å². The first-order chi connectivity index (χ1) is 14.6. The lowest BCUT2D eigenvalue weighted by Gasteiger charge is -2.43. The number of rotatable bonds is 9. The topological polar surface area (TPSA) is 26.3 Å². The van der Waals surface area contributed by atoms with Gasteiger partial charge in [0, 0.05) is 11.1 Å². The highest BCUT2D eigenvalue weighted by Gasteiger charge is 2.95. The molecule has 0 rings (SSSR count). The molecule has 0 saturated carbocycles. The van der Waals surface area contributed by atoms with E-state index in [9.17, 15) is 79.4 Å². The van der Waals surface area contributed by atoms with E-state index in [0.717, 1.165) is 0 Å². The summed E-state index contributed by atoms with van der Waals surface area (Å²) in [6.45, 7) is 0.617. The van der Waals surface area contributed by atoms with Gasteiger partial charge in [0.25, 0.3) is 0 Å². The molecule has 34 heavy (non-hydrogen) atoms. The monoisotopic (exact) mass is 546 g/mol. The number of halogens is 17. The largest absolute Gasteiger partial charge is 0.466 e. The molecule has 2 nitrogen and oxygen atoms in total. The van der Waals surface area contributed by atoms with E-state index in [1.807, 2.05) is 0 Å². The summed E-state index contributed by atoms with van der Waals surface area (Å²) in [6.07, 6.45) is -9.39. The Morgan fingerprint density at radius 1 is 0.588 bits per heavy atom. The van der Waals surface area contributed by atoms with E-state index in [0.29, 0.717) is 14.0 Å². The summed E-state index contributed by atoms with van der Waals surface area (Å²) in [4.78, 5) is 11.2. The highest BCUT2D eigenvalue weighted by Crippen LogP contribution is 2.64. The lowest BCUT2D eigenvalue weighted by molar-refractivity contribution is -0.460. The van der Waals surface area contributed by atoms with Crippen molar-refractivity contribution in [1.29, 1.82) is 0 Å². The zero-order valence-corrected chi connectivity index (χ0v) is 16.4. The molecule has 0 bridgehead atoms. The van der Waals surface area contributed by atoms with E-state index < -0.39 is 71.2 Å². The zero-order chi connectivity index (χ0) is 28.1. The van der Waals surface area contributed by atoms with Gasteiger partial charge in [-0.1, -0.05) is 6.92 Å². The Bertz CT molecular complexity index is 806. The predicted octanol–water partition coefficient (Wildman–Crippen LogP) is 6.90. The van der Waals surface area contributed by atoms with Crippen LogP contribution >= 0.6 is 0 Å². The Morgan fingerprint density at radius 3 is 1.15 bits per heavy atom. The van der Waals surface area contributed by atoms with Crippen molar-refractivity contribution in [1.82, 2.24) is 0 Å². The quantitative estimate of drug-likeness (QED) is 0.179. The molecule has 0 radical (unpaired) electrons. The minimum absolute atomic E-state index is 0.192. The van der Waals surface area contributed by atoms with Crippen molar-refractivity contribution in [2.24, 2.45) is 0 Å². The van der Waals surface area contributed by atoms with Gasteiger partial charge < -0.3 is 4.74 Å². The maximum Gasteiger partial charge on any atom is 0.460 e. The van der Waals surface area contributed by atoms with E-state index in [4.69, 9.17) is 0 Å². The van der Waals surface area contributed by atoms with Crippen molar-refractivity contribution in [2.75, 3.05) is 7.11 Å². The number of methoxy groups -OCH3 is 1. The molecule has 0 amide bonds. The highest BCUT2D eigenvalue weighted by atomic mass is 19.4. The molecule has 0 N–H and O–H groups in total. The van der Waals surface area contributed by atoms with Gasteiger partial charge in [0.15, 0.2) is 0 Å². The zero-order valence-electron chi connectivity index (χ0n) is 16.4. The van der Waals surface area contributed by atoms with E-state index in [1.54, 1.807) is 0 Å². The normalized spacial score (nSPS) is 16.4. The molecule has 0 saturated heterocycles. The van der Waals surface area contributed by atoms with Crippen LogP contribution < -0.4 is 0 Å². The third kappa shape index (κ3) is 4.05. The fourth-order valence-corrected chi connectivity index (χ4v) is 2.35. The van der Waals surface area contributed by atoms with Gasteiger partial charge >= 0.3 is 53.6 Å². The van der Waals surface area contributed by atoms with Crippen LogP contribution in [-0.4, -0.2) is 60.7 Å². The summed E-state index contributed by atoms with van der Waals surface area (Å²) in [5.41, 5.74) is -4.12. The van der Waals surface area contributed by atoms with Crippen LogP contribution in [0.15, 0.2) is 11.1 Å². The molecule has 0 unspecified atom stereocenters. The van der Waals surface area contributed by atoms with Crippen LogP contribution in [0.1, 0.15) is 20.3 Å². The first kappa shape index (κ1) is 32.0. The van der Waals surface area contributed by atoms with Crippen LogP contribution in [0.2, 0.25) is 0 Å². The fraction of sp³-hybridized carbons (Fsp3) is 0.800. The van der Waals surface area contributed by atoms with Crippen LogP contribution in [0.3, 0.4) is 0 Å². The first-order valence-electron chi connectivity index (χ1n) is 8.09. The molecule has 202 valence electrons. The van der Waals surface area contributed by atoms with Crippen LogP contribution in [0, 0.1) is 0 Å². The van der Waals surface area contributed by atoms with Gasteiger partial charge in [-0.05, 0) is 13.3 Å². The summed E-state index contributed by atoms with van der Waals surface area (Å²) in [5.74, 6) is -59.2. The summed E-state index contributed by atoms with van der Waals surface area (Å²) >= 11 is 0. The molecule has 0 atom stereocenters. The van der Waals surface area contributed by atoms with E-state index >= 15 is 0 Å². The second kappa shape index (κ2) is 8.60. The molecular weight excluding hydrogens is 535 g/mol. The summed E-state index contributed by atoms with van der Waals surface area (Å²) in [6, 6.07) is 0. The first-order valence-corrected chi connectivity index (χ1v) is 8.09. The SMILES string of the molecule is CCC(=C(C)C(=O)OC)C(F)(F)C(F)(F)C(F)(F)C(F)(F)C(F)(F)C(F)(F)C(F)(F)C(F)(F)F. The molecule has 0 aliphatic carbocycles. The number of carbonyl (C=O) groups excluding carboxylic acids is 1. The summed E-state index contributed by atoms with van der Waals surface area (Å²) in [7, 11) is 0.432. The van der Waals surface area contributed by atoms with E-state index in [-0.39, 0.29) is 6.92 Å². The number of allylic oxidation sites excluding steroid dienone is 1. The molecule has 0 heterocycles. The highest BCUT2D eigenvalue weighted by molar-refractivity contribution is 5.89. The number of hydrogen-bond donors (Lipinski definition) is 0. The maximum absolute atomic E-state index is 14.2. The average molecular weight is 546 g/mol. The maximum atomic E-state index is 14.2. The molecule has 0 aliphatic rings. The molecule has 0 aromatic rings. The molecule has 19 heteroatoms. The Morgan fingerprint density at radius 2 is 0.882 bits per heavy atom. The summed E-state index contributed by atoms with van der Waals surface area (Å²) in [5, 5.41) is 0. The van der Waals surface area contributed by atoms with Crippen LogP contribution in [0.4, 0.5) is 74.6 Å². The van der Waals surface area contributed by atoms with Crippen molar-refractivity contribution in [2.45, 2.75) is 67.9 Å². The van der Waals surface area contributed by atoms with E-state index in [1.165, 1.54) is 0 Å². The van der Waals surface area contributed by atoms with Gasteiger partial charge in [0.1, 0.15) is 0 Å². The molecule has 0 aromatic heterocycles. The number of carbonyl (C=O) groups is 1. The van der Waals surface area contributed by atoms with Gasteiger partial charge in [-0.3, -0.25) is 0 Å². The fourth-order valence-electron chi connectivity index (χ4n) is 2.35. The molecule has 0 aliphatic heterocycles. The minimum atomic E-state index is -8.70. The lowest BCUT2D eigenvalue weighted by atomic mass is 9.85. The lowest BCUT2D eigenvalue weighted by Crippen LogP contribution is -2.74. The second-order valence-electron chi connectivity index (χ2n) is 6.47. The smallest absolute Gasteiger partial charge is 0.460 e. The predicted molar refractivity (Wildman–Crippen MR) is 75.7 cm³/mol. The third-order valence-corrected chi connectivity index (χ3v) is 4.40. The molecule has 0 fully saturated rings. The Labute approximate surface area is 177 Å². The van der Waals surface area contributed by atoms with Crippen molar-refractivity contribution in [3.8, 4) is 0 Å². The second-order valence-corrected chi connectivity index (χ2v) is 6.47. The molecule has 0 aromatic carbocycles. The van der Waals surface area contributed by atoms with Gasteiger partial charge in [-0.15, -0.1) is 0 Å². The molecule has 0 spiro atoms. The summed E-state index contributed by atoms with van der Waals surface area (Å²) < 4.78 is 229. The number of ether oxygens (including phenoxy) is 1. The van der Waals surface area contributed by atoms with Crippen LogP contribution in [0.5, 0.6) is 0 Å². The minimum Gasteiger partial charge on any atom is -0.466 e. The van der Waals surface area contributed by atoms with Crippen LogP contribution in [0.25, 0.3) is 0 Å². The van der Waals surface area contributed by atoms with Crippen molar-refractivity contribution >= 4 is 5.97 Å². The Hall–Kier alpha value is -1.98. The van der Waals surface area contributed by atoms with Crippen LogP contribution in [-0.2, 0) is 9.53 Å². The number of hydrogen-bond acceptors (Lipinski definition) is 2. The number of esters is 1. The average Bonchev–Trinajstić information content (AvgIpc) is 2.65. The third-order valence-electron chi connectivity index (χ3n) is 4.40. The van der Waals surface area contributed by atoms with Crippen molar-refractivity contribution in [3.05, 3.63) is 11.1 Å². The van der Waals surface area contributed by atoms with E-state index in [2.05, 4.69) is 4.74 Å². The van der Waals surface area contributed by atoms with Gasteiger partial charge in [-0.25, -0.2) is 4.79 Å². The Balaban J connectivity index is 7.10. The number of alkyl halides is 17. The van der Waals surface area contributed by atoms with Gasteiger partial charge in [0.2, 0.25) is 0 Å². The molecular formula is C15H11F17O2. The van der Waals surface area contributed by atoms with Gasteiger partial charge in [0.05, 0.1) is 7.11 Å². The standard InChI is InChI=1S/C15H11F17O2/c1-4-6(5(2)7(33)34-3)8(16,17)9(18,19)10(20,21)11(22,23)12(24,25)13(26,27)14(28,29)15(30,31)32/h4H2,1-3H3. The van der Waals surface area contributed by atoms with Gasteiger partial charge in [-0.2, -0.15) is 74.6 Å².